The molecular formula is C17H31N3O5. The minimum atomic E-state index is -0.750. The van der Waals surface area contributed by atoms with Crippen LogP contribution in [0.1, 0.15) is 53.4 Å². The first-order valence-electron chi connectivity index (χ1n) is 9.27. The molecule has 2 heterocycles. The van der Waals surface area contributed by atoms with Gasteiger partial charge >= 0.3 is 0 Å². The van der Waals surface area contributed by atoms with Crippen molar-refractivity contribution in [1.29, 1.82) is 0 Å². The Morgan fingerprint density at radius 2 is 1.88 bits per heavy atom. The highest BCUT2D eigenvalue weighted by Crippen LogP contribution is 2.40. The summed E-state index contributed by atoms with van der Waals surface area (Å²) in [5.41, 5.74) is 8.97. The number of ether oxygens (including phenoxy) is 5. The minimum absolute atomic E-state index is 0.320. The van der Waals surface area contributed by atoms with Crippen molar-refractivity contribution in [2.45, 2.75) is 89.8 Å². The van der Waals surface area contributed by atoms with Gasteiger partial charge in [-0.1, -0.05) is 31.8 Å². The van der Waals surface area contributed by atoms with E-state index in [1.54, 1.807) is 0 Å². The maximum absolute atomic E-state index is 8.97. The van der Waals surface area contributed by atoms with Crippen molar-refractivity contribution in [3.63, 3.8) is 0 Å². The number of hydrogen-bond acceptors (Lipinski definition) is 6. The van der Waals surface area contributed by atoms with Crippen LogP contribution in [0.25, 0.3) is 10.4 Å². The van der Waals surface area contributed by atoms with Crippen LogP contribution >= 0.6 is 0 Å². The first kappa shape index (κ1) is 20.4. The van der Waals surface area contributed by atoms with Crippen molar-refractivity contribution < 1.29 is 23.7 Å². The van der Waals surface area contributed by atoms with E-state index in [1.807, 2.05) is 13.8 Å². The largest absolute Gasteiger partial charge is 0.379 e. The van der Waals surface area contributed by atoms with E-state index in [1.165, 1.54) is 0 Å². The lowest BCUT2D eigenvalue weighted by molar-refractivity contribution is -0.222. The predicted octanol–water partition coefficient (Wildman–Crippen LogP) is 3.54. The molecule has 8 heteroatoms. The lowest BCUT2D eigenvalue weighted by Crippen LogP contribution is -2.43. The van der Waals surface area contributed by atoms with Crippen molar-refractivity contribution >= 4 is 0 Å². The Morgan fingerprint density at radius 1 is 1.16 bits per heavy atom. The van der Waals surface area contributed by atoms with Crippen LogP contribution < -0.4 is 0 Å². The summed E-state index contributed by atoms with van der Waals surface area (Å²) in [5, 5.41) is 3.92. The van der Waals surface area contributed by atoms with Gasteiger partial charge in [0.15, 0.2) is 12.1 Å². The van der Waals surface area contributed by atoms with Gasteiger partial charge < -0.3 is 23.7 Å². The summed E-state index contributed by atoms with van der Waals surface area (Å²) < 4.78 is 29.4. The molecule has 0 amide bonds. The van der Waals surface area contributed by atoms with E-state index in [0.29, 0.717) is 19.8 Å². The molecule has 0 aromatic carbocycles. The molecule has 144 valence electrons. The third-order valence-electron chi connectivity index (χ3n) is 4.36. The van der Waals surface area contributed by atoms with E-state index in [0.717, 1.165) is 25.7 Å². The standard InChI is InChI=1S/C17H31N3O5/c1-5-7-9-21-11-12(22-10-8-6-2)14-13(19-20-18)15-16(23-14)25-17(3,4)24-15/h12-16H,5-11H2,1-4H3/t12-,13+,14-,15-,16-/m1/s1. The van der Waals surface area contributed by atoms with E-state index in [-0.39, 0.29) is 6.10 Å². The van der Waals surface area contributed by atoms with Gasteiger partial charge in [-0.3, -0.25) is 0 Å². The highest BCUT2D eigenvalue weighted by atomic mass is 16.8. The fraction of sp³-hybridized carbons (Fsp3) is 1.00. The number of azide groups is 1. The average molecular weight is 357 g/mol. The molecular weight excluding hydrogens is 326 g/mol. The molecule has 2 aliphatic rings. The van der Waals surface area contributed by atoms with Gasteiger partial charge in [-0.25, -0.2) is 0 Å². The van der Waals surface area contributed by atoms with Crippen LogP contribution in [-0.4, -0.2) is 56.3 Å². The van der Waals surface area contributed by atoms with Crippen molar-refractivity contribution in [3.05, 3.63) is 10.4 Å². The molecule has 2 aliphatic heterocycles. The fourth-order valence-electron chi connectivity index (χ4n) is 3.08. The van der Waals surface area contributed by atoms with E-state index < -0.39 is 30.3 Å². The van der Waals surface area contributed by atoms with Crippen molar-refractivity contribution in [3.8, 4) is 0 Å². The summed E-state index contributed by atoms with van der Waals surface area (Å²) in [6.45, 7) is 9.56. The van der Waals surface area contributed by atoms with Crippen molar-refractivity contribution in [1.82, 2.24) is 0 Å². The van der Waals surface area contributed by atoms with Crippen LogP contribution in [0.2, 0.25) is 0 Å². The zero-order valence-corrected chi connectivity index (χ0v) is 15.7. The van der Waals surface area contributed by atoms with E-state index in [9.17, 15) is 0 Å². The highest BCUT2D eigenvalue weighted by Gasteiger charge is 2.56. The molecule has 0 radical (unpaired) electrons. The molecule has 0 aliphatic carbocycles. The average Bonchev–Trinajstić information content (AvgIpc) is 3.03. The number of hydrogen-bond donors (Lipinski definition) is 0. The van der Waals surface area contributed by atoms with Crippen LogP contribution in [0.5, 0.6) is 0 Å². The zero-order chi connectivity index (χ0) is 18.3. The second-order valence-corrected chi connectivity index (χ2v) is 6.96. The summed E-state index contributed by atoms with van der Waals surface area (Å²) in [6, 6.07) is -0.502. The molecule has 0 aromatic heterocycles. The molecule has 0 spiro atoms. The molecule has 2 fully saturated rings. The first-order chi connectivity index (χ1) is 12.0. The van der Waals surface area contributed by atoms with Gasteiger partial charge in [-0.2, -0.15) is 0 Å². The number of fused-ring (bicyclic) bond motifs is 1. The smallest absolute Gasteiger partial charge is 0.188 e. The van der Waals surface area contributed by atoms with Gasteiger partial charge in [-0.05, 0) is 32.2 Å². The van der Waals surface area contributed by atoms with Crippen LogP contribution in [0, 0.1) is 0 Å². The van der Waals surface area contributed by atoms with E-state index >= 15 is 0 Å². The van der Waals surface area contributed by atoms with Gasteiger partial charge in [0.2, 0.25) is 0 Å². The summed E-state index contributed by atoms with van der Waals surface area (Å²) in [7, 11) is 0. The SMILES string of the molecule is CCCCOC[C@@H](OCCCC)[C@H]1O[C@@H]2OC(C)(C)O[C@@H]2[C@H]1N=[N+]=[N-]. The van der Waals surface area contributed by atoms with Gasteiger partial charge in [0.1, 0.15) is 18.3 Å². The van der Waals surface area contributed by atoms with Gasteiger partial charge in [0.05, 0.1) is 12.6 Å². The van der Waals surface area contributed by atoms with Crippen LogP contribution in [0.15, 0.2) is 5.11 Å². The number of rotatable bonds is 11. The Balaban J connectivity index is 2.04. The Morgan fingerprint density at radius 3 is 2.56 bits per heavy atom. The Bertz CT molecular complexity index is 456. The Labute approximate surface area is 149 Å². The third kappa shape index (κ3) is 5.54. The second-order valence-electron chi connectivity index (χ2n) is 6.96. The molecule has 8 nitrogen and oxygen atoms in total. The van der Waals surface area contributed by atoms with E-state index in [4.69, 9.17) is 29.2 Å². The summed E-state index contributed by atoms with van der Waals surface area (Å²) in [4.78, 5) is 2.98. The quantitative estimate of drug-likeness (QED) is 0.244. The van der Waals surface area contributed by atoms with Gasteiger partial charge in [-0.15, -0.1) is 0 Å². The normalized spacial score (nSPS) is 31.5. The van der Waals surface area contributed by atoms with Crippen LogP contribution in [-0.2, 0) is 23.7 Å². The maximum Gasteiger partial charge on any atom is 0.188 e. The summed E-state index contributed by atoms with van der Waals surface area (Å²) in [5.74, 6) is -0.750. The summed E-state index contributed by atoms with van der Waals surface area (Å²) >= 11 is 0. The fourth-order valence-corrected chi connectivity index (χ4v) is 3.08. The molecule has 0 unspecified atom stereocenters. The monoisotopic (exact) mass is 357 g/mol. The molecule has 5 atom stereocenters. The topological polar surface area (TPSA) is 94.9 Å². The zero-order valence-electron chi connectivity index (χ0n) is 15.7. The first-order valence-corrected chi connectivity index (χ1v) is 9.27. The molecule has 0 N–H and O–H groups in total. The number of unbranched alkanes of at least 4 members (excludes halogenated alkanes) is 2. The van der Waals surface area contributed by atoms with Gasteiger partial charge in [0.25, 0.3) is 0 Å². The Kier molecular flexibility index (Phi) is 7.93. The van der Waals surface area contributed by atoms with Gasteiger partial charge in [0, 0.05) is 18.1 Å². The van der Waals surface area contributed by atoms with E-state index in [2.05, 4.69) is 23.9 Å². The number of nitrogens with zero attached hydrogens (tertiary/aromatic N) is 3. The summed E-state index contributed by atoms with van der Waals surface area (Å²) in [6.07, 6.45) is 2.33. The molecule has 0 aromatic rings. The Hall–Kier alpha value is -0.890. The van der Waals surface area contributed by atoms with Crippen molar-refractivity contribution in [2.75, 3.05) is 19.8 Å². The highest BCUT2D eigenvalue weighted by molar-refractivity contribution is 5.00. The lowest BCUT2D eigenvalue weighted by atomic mass is 10.0. The van der Waals surface area contributed by atoms with Crippen LogP contribution in [0.4, 0.5) is 0 Å². The molecule has 25 heavy (non-hydrogen) atoms. The van der Waals surface area contributed by atoms with Crippen LogP contribution in [0.3, 0.4) is 0 Å². The minimum Gasteiger partial charge on any atom is -0.379 e. The predicted molar refractivity (Wildman–Crippen MR) is 92.0 cm³/mol. The molecule has 0 saturated carbocycles. The lowest BCUT2D eigenvalue weighted by Gasteiger charge is -2.29. The second kappa shape index (κ2) is 9.71. The third-order valence-corrected chi connectivity index (χ3v) is 4.36. The van der Waals surface area contributed by atoms with Crippen molar-refractivity contribution in [2.24, 2.45) is 5.11 Å². The maximum atomic E-state index is 8.97. The molecule has 2 saturated heterocycles. The molecule has 0 bridgehead atoms. The molecule has 2 rings (SSSR count).